The lowest BCUT2D eigenvalue weighted by atomic mass is 9.87. The number of halogens is 1. The Morgan fingerprint density at radius 3 is 2.13 bits per heavy atom. The zero-order valence-corrected chi connectivity index (χ0v) is 14.2. The second-order valence-corrected chi connectivity index (χ2v) is 6.59. The first-order valence-electron chi connectivity index (χ1n) is 7.62. The van der Waals surface area contributed by atoms with Gasteiger partial charge < -0.3 is 5.11 Å². The molecule has 2 aromatic rings. The minimum atomic E-state index is 0.111. The van der Waals surface area contributed by atoms with Gasteiger partial charge in [0.05, 0.1) is 0 Å². The molecule has 23 heavy (non-hydrogen) atoms. The van der Waals surface area contributed by atoms with Crippen LogP contribution in [0.4, 0.5) is 0 Å². The van der Waals surface area contributed by atoms with Crippen LogP contribution in [0.3, 0.4) is 0 Å². The maximum atomic E-state index is 12.7. The summed E-state index contributed by atoms with van der Waals surface area (Å²) in [4.78, 5) is 12.7. The zero-order valence-electron chi connectivity index (χ0n) is 12.6. The minimum Gasteiger partial charge on any atom is -0.508 e. The molecule has 0 bridgehead atoms. The first kappa shape index (κ1) is 15.8. The molecule has 0 heterocycles. The molecular weight excluding hydrogens is 352 g/mol. The second kappa shape index (κ2) is 6.97. The lowest BCUT2D eigenvalue weighted by Crippen LogP contribution is -2.12. The second-order valence-electron chi connectivity index (χ2n) is 5.67. The highest BCUT2D eigenvalue weighted by Crippen LogP contribution is 2.29. The molecule has 0 unspecified atom stereocenters. The van der Waals surface area contributed by atoms with Crippen LogP contribution in [0.2, 0.25) is 0 Å². The maximum Gasteiger partial charge on any atom is 0.185 e. The summed E-state index contributed by atoms with van der Waals surface area (Å²) in [5, 5.41) is 9.55. The molecule has 116 valence electrons. The monoisotopic (exact) mass is 368 g/mol. The third-order valence-corrected chi connectivity index (χ3v) is 4.37. The third kappa shape index (κ3) is 3.99. The highest BCUT2D eigenvalue weighted by molar-refractivity contribution is 9.10. The number of hydrogen-bond acceptors (Lipinski definition) is 2. The molecule has 0 amide bonds. The number of carbonyl (C=O) groups excluding carboxylic acids is 1. The van der Waals surface area contributed by atoms with Gasteiger partial charge in [0.2, 0.25) is 0 Å². The van der Waals surface area contributed by atoms with E-state index in [4.69, 9.17) is 0 Å². The summed E-state index contributed by atoms with van der Waals surface area (Å²) in [6, 6.07) is 14.9. The molecule has 1 fully saturated rings. The average Bonchev–Trinajstić information content (AvgIpc) is 2.51. The van der Waals surface area contributed by atoms with Crippen molar-refractivity contribution < 1.29 is 9.90 Å². The molecule has 2 nitrogen and oxygen atoms in total. The van der Waals surface area contributed by atoms with Gasteiger partial charge in [0, 0.05) is 15.6 Å². The fourth-order valence-electron chi connectivity index (χ4n) is 2.79. The van der Waals surface area contributed by atoms with Gasteiger partial charge in [-0.2, -0.15) is 0 Å². The van der Waals surface area contributed by atoms with Gasteiger partial charge in [0.15, 0.2) is 5.78 Å². The van der Waals surface area contributed by atoms with Crippen molar-refractivity contribution in [2.75, 3.05) is 0 Å². The zero-order chi connectivity index (χ0) is 16.2. The number of phenols is 1. The van der Waals surface area contributed by atoms with Crippen LogP contribution in [-0.2, 0) is 4.79 Å². The molecule has 0 atom stereocenters. The van der Waals surface area contributed by atoms with E-state index < -0.39 is 0 Å². The number of carbonyl (C=O) groups is 1. The van der Waals surface area contributed by atoms with Crippen molar-refractivity contribution in [3.05, 3.63) is 75.3 Å². The van der Waals surface area contributed by atoms with E-state index in [1.54, 1.807) is 18.2 Å². The number of allylic oxidation sites excluding steroid dienone is 2. The number of Topliss-reactive ketones (excluding diaryl/α,β-unsaturated/α-hetero) is 1. The maximum absolute atomic E-state index is 12.7. The Kier molecular flexibility index (Phi) is 4.77. The van der Waals surface area contributed by atoms with Gasteiger partial charge in [-0.05, 0) is 66.8 Å². The first-order chi connectivity index (χ1) is 11.1. The summed E-state index contributed by atoms with van der Waals surface area (Å²) in [7, 11) is 0. The fraction of sp³-hybridized carbons (Fsp3) is 0.150. The molecule has 0 spiro atoms. The molecule has 1 N–H and O–H groups in total. The van der Waals surface area contributed by atoms with E-state index in [1.807, 2.05) is 42.5 Å². The predicted octanol–water partition coefficient (Wildman–Crippen LogP) is 5.37. The lowest BCUT2D eigenvalue weighted by molar-refractivity contribution is -0.112. The van der Waals surface area contributed by atoms with Gasteiger partial charge >= 0.3 is 0 Å². The van der Waals surface area contributed by atoms with Crippen LogP contribution in [0.15, 0.2) is 64.1 Å². The molecule has 3 rings (SSSR count). The number of aromatic hydroxyl groups is 1. The molecule has 1 saturated carbocycles. The molecular formula is C20H17BrO2. The predicted molar refractivity (Wildman–Crippen MR) is 97.1 cm³/mol. The highest BCUT2D eigenvalue weighted by Gasteiger charge is 2.20. The Morgan fingerprint density at radius 1 is 0.913 bits per heavy atom. The number of benzene rings is 2. The Labute approximate surface area is 144 Å². The van der Waals surface area contributed by atoms with Gasteiger partial charge in [0.25, 0.3) is 0 Å². The molecule has 0 aromatic heterocycles. The van der Waals surface area contributed by atoms with Gasteiger partial charge in [-0.1, -0.05) is 40.2 Å². The van der Waals surface area contributed by atoms with Crippen LogP contribution < -0.4 is 0 Å². The summed E-state index contributed by atoms with van der Waals surface area (Å²) in [6.45, 7) is 0. The average molecular weight is 369 g/mol. The topological polar surface area (TPSA) is 37.3 Å². The van der Waals surface area contributed by atoms with Crippen molar-refractivity contribution in [2.24, 2.45) is 0 Å². The fourth-order valence-corrected chi connectivity index (χ4v) is 3.21. The summed E-state index contributed by atoms with van der Waals surface area (Å²) in [6.07, 6.45) is 6.42. The van der Waals surface area contributed by atoms with Gasteiger partial charge in [-0.15, -0.1) is 0 Å². The van der Waals surface area contributed by atoms with Crippen molar-refractivity contribution in [1.82, 2.24) is 0 Å². The number of phenolic OH excluding ortho intramolecular Hbond substituents is 1. The van der Waals surface area contributed by atoms with E-state index >= 15 is 0 Å². The summed E-state index contributed by atoms with van der Waals surface area (Å²) in [5.74, 6) is 0.326. The van der Waals surface area contributed by atoms with Crippen LogP contribution >= 0.6 is 15.9 Å². The Bertz CT molecular complexity index is 737. The van der Waals surface area contributed by atoms with Crippen molar-refractivity contribution in [2.45, 2.75) is 19.3 Å². The number of rotatable bonds is 2. The normalized spacial score (nSPS) is 18.6. The van der Waals surface area contributed by atoms with E-state index in [0.29, 0.717) is 0 Å². The Hall–Kier alpha value is -2.13. The van der Waals surface area contributed by atoms with Crippen LogP contribution in [0.5, 0.6) is 5.75 Å². The van der Waals surface area contributed by atoms with Crippen LogP contribution in [0.25, 0.3) is 12.2 Å². The standard InChI is InChI=1S/C20H17BrO2/c21-18-8-1-4-14(12-18)10-16-6-3-7-17(20(16)23)11-15-5-2-9-19(22)13-15/h1-2,4-5,8-13,22H,3,6-7H2. The quantitative estimate of drug-likeness (QED) is 0.722. The smallest absolute Gasteiger partial charge is 0.185 e. The molecule has 1 aliphatic rings. The van der Waals surface area contributed by atoms with E-state index in [9.17, 15) is 9.90 Å². The summed E-state index contributed by atoms with van der Waals surface area (Å²) in [5.41, 5.74) is 3.54. The van der Waals surface area contributed by atoms with E-state index in [-0.39, 0.29) is 11.5 Å². The molecule has 0 aliphatic heterocycles. The Balaban J connectivity index is 1.89. The van der Waals surface area contributed by atoms with Gasteiger partial charge in [-0.25, -0.2) is 0 Å². The van der Waals surface area contributed by atoms with E-state index in [2.05, 4.69) is 15.9 Å². The minimum absolute atomic E-state index is 0.111. The van der Waals surface area contributed by atoms with Crippen molar-refractivity contribution in [1.29, 1.82) is 0 Å². The summed E-state index contributed by atoms with van der Waals surface area (Å²) >= 11 is 3.46. The van der Waals surface area contributed by atoms with Crippen molar-refractivity contribution in [3.8, 4) is 5.75 Å². The van der Waals surface area contributed by atoms with Crippen molar-refractivity contribution in [3.63, 3.8) is 0 Å². The number of ketones is 1. The van der Waals surface area contributed by atoms with E-state index in [0.717, 1.165) is 46.0 Å². The van der Waals surface area contributed by atoms with Crippen molar-refractivity contribution >= 4 is 33.9 Å². The molecule has 1 aliphatic carbocycles. The highest BCUT2D eigenvalue weighted by atomic mass is 79.9. The lowest BCUT2D eigenvalue weighted by Gasteiger charge is -2.16. The van der Waals surface area contributed by atoms with Crippen LogP contribution in [0.1, 0.15) is 30.4 Å². The van der Waals surface area contributed by atoms with Crippen LogP contribution in [-0.4, -0.2) is 10.9 Å². The molecule has 0 saturated heterocycles. The SMILES string of the molecule is O=C1C(=Cc2cccc(O)c2)CCCC1=Cc1cccc(Br)c1. The molecule has 2 aromatic carbocycles. The first-order valence-corrected chi connectivity index (χ1v) is 8.41. The van der Waals surface area contributed by atoms with Gasteiger partial charge in [0.1, 0.15) is 5.75 Å². The molecule has 0 radical (unpaired) electrons. The van der Waals surface area contributed by atoms with Gasteiger partial charge in [-0.3, -0.25) is 4.79 Å². The van der Waals surface area contributed by atoms with E-state index in [1.165, 1.54) is 0 Å². The third-order valence-electron chi connectivity index (χ3n) is 3.88. The largest absolute Gasteiger partial charge is 0.508 e. The van der Waals surface area contributed by atoms with Crippen LogP contribution in [0, 0.1) is 0 Å². The summed E-state index contributed by atoms with van der Waals surface area (Å²) < 4.78 is 1.01. The Morgan fingerprint density at radius 2 is 1.52 bits per heavy atom. The molecule has 3 heteroatoms. The number of hydrogen-bond donors (Lipinski definition) is 1.